The molecule has 2 aliphatic rings. The quantitative estimate of drug-likeness (QED) is 0.792. The Labute approximate surface area is 161 Å². The van der Waals surface area contributed by atoms with E-state index in [4.69, 9.17) is 15.4 Å². The number of likely N-dealkylation sites (tertiary alicyclic amines) is 1. The molecule has 1 saturated carbocycles. The predicted molar refractivity (Wildman–Crippen MR) is 105 cm³/mol. The van der Waals surface area contributed by atoms with E-state index in [-0.39, 0.29) is 0 Å². The van der Waals surface area contributed by atoms with Crippen LogP contribution in [0.4, 0.5) is 5.82 Å². The van der Waals surface area contributed by atoms with Gasteiger partial charge in [-0.1, -0.05) is 0 Å². The summed E-state index contributed by atoms with van der Waals surface area (Å²) < 4.78 is 6.30. The van der Waals surface area contributed by atoms with E-state index in [0.29, 0.717) is 29.5 Å². The monoisotopic (exact) mass is 417 g/mol. The number of hydrogen-bond acceptors (Lipinski definition) is 6. The molecule has 0 aromatic carbocycles. The molecule has 0 radical (unpaired) electrons. The molecule has 2 fully saturated rings. The fraction of sp³-hybridized carbons (Fsp3) is 0.579. The fourth-order valence-electron chi connectivity index (χ4n) is 4.20. The van der Waals surface area contributed by atoms with Crippen LogP contribution in [0.25, 0.3) is 11.0 Å². The molecular weight excluding hydrogens is 394 g/mol. The van der Waals surface area contributed by atoms with Crippen molar-refractivity contribution in [2.45, 2.75) is 56.7 Å². The standard InChI is InChI=1S/C19H24BrN5O/c20-18-16-9-15(10-21)26-17(16)11-23-19(18)24-13-1-3-14(4-2-13)25-7-5-12(22)6-8-25/h9,11-14H,1-8,22H2,(H,23,24). The highest BCUT2D eigenvalue weighted by molar-refractivity contribution is 9.10. The first-order chi connectivity index (χ1) is 12.6. The molecule has 0 spiro atoms. The van der Waals surface area contributed by atoms with Crippen LogP contribution in [0, 0.1) is 11.3 Å². The summed E-state index contributed by atoms with van der Waals surface area (Å²) in [6, 6.07) is 5.32. The van der Waals surface area contributed by atoms with Crippen LogP contribution in [0.15, 0.2) is 21.2 Å². The Kier molecular flexibility index (Phi) is 5.16. The van der Waals surface area contributed by atoms with Gasteiger partial charge in [0.25, 0.3) is 0 Å². The van der Waals surface area contributed by atoms with Crippen molar-refractivity contribution in [1.29, 1.82) is 5.26 Å². The molecule has 2 aromatic heterocycles. The van der Waals surface area contributed by atoms with Crippen LogP contribution < -0.4 is 11.1 Å². The number of nitrogens with zero attached hydrogens (tertiary/aromatic N) is 3. The Balaban J connectivity index is 1.38. The largest absolute Gasteiger partial charge is 0.444 e. The van der Waals surface area contributed by atoms with Crippen molar-refractivity contribution in [3.8, 4) is 6.07 Å². The summed E-state index contributed by atoms with van der Waals surface area (Å²) in [6.45, 7) is 2.30. The zero-order valence-corrected chi connectivity index (χ0v) is 16.3. The molecule has 26 heavy (non-hydrogen) atoms. The van der Waals surface area contributed by atoms with Gasteiger partial charge in [-0.15, -0.1) is 0 Å². The lowest BCUT2D eigenvalue weighted by Crippen LogP contribution is -2.47. The van der Waals surface area contributed by atoms with Gasteiger partial charge in [0.15, 0.2) is 5.58 Å². The van der Waals surface area contributed by atoms with Gasteiger partial charge in [0, 0.05) is 29.6 Å². The molecule has 1 saturated heterocycles. The Bertz CT molecular complexity index is 813. The number of furan rings is 1. The predicted octanol–water partition coefficient (Wildman–Crippen LogP) is 3.61. The normalized spacial score (nSPS) is 25.3. The van der Waals surface area contributed by atoms with Crippen molar-refractivity contribution < 1.29 is 4.42 Å². The van der Waals surface area contributed by atoms with E-state index in [0.717, 1.165) is 54.4 Å². The van der Waals surface area contributed by atoms with E-state index in [1.54, 1.807) is 12.3 Å². The summed E-state index contributed by atoms with van der Waals surface area (Å²) in [6.07, 6.45) is 8.68. The van der Waals surface area contributed by atoms with E-state index < -0.39 is 0 Å². The number of halogens is 1. The lowest BCUT2D eigenvalue weighted by atomic mass is 9.89. The molecule has 1 aliphatic carbocycles. The van der Waals surface area contributed by atoms with E-state index in [1.807, 2.05) is 6.07 Å². The average Bonchev–Trinajstić information content (AvgIpc) is 3.10. The van der Waals surface area contributed by atoms with E-state index >= 15 is 0 Å². The van der Waals surface area contributed by atoms with Gasteiger partial charge in [-0.25, -0.2) is 4.98 Å². The third-order valence-electron chi connectivity index (χ3n) is 5.75. The Hall–Kier alpha value is -1.62. The maximum absolute atomic E-state index is 9.00. The SMILES string of the molecule is N#Cc1cc2c(Br)c(NC3CCC(N4CCC(N)CC4)CC3)ncc2o1. The molecule has 1 aliphatic heterocycles. The van der Waals surface area contributed by atoms with Crippen LogP contribution in [-0.4, -0.2) is 41.1 Å². The zero-order chi connectivity index (χ0) is 18.1. The second-order valence-electron chi connectivity index (χ2n) is 7.44. The van der Waals surface area contributed by atoms with Crippen molar-refractivity contribution in [1.82, 2.24) is 9.88 Å². The molecule has 7 heteroatoms. The van der Waals surface area contributed by atoms with Crippen molar-refractivity contribution in [3.63, 3.8) is 0 Å². The topological polar surface area (TPSA) is 91.1 Å². The highest BCUT2D eigenvalue weighted by atomic mass is 79.9. The molecule has 0 bridgehead atoms. The highest BCUT2D eigenvalue weighted by Gasteiger charge is 2.28. The minimum atomic E-state index is 0.307. The number of rotatable bonds is 3. The van der Waals surface area contributed by atoms with Gasteiger partial charge in [0.1, 0.15) is 11.9 Å². The number of anilines is 1. The summed E-state index contributed by atoms with van der Waals surface area (Å²) in [7, 11) is 0. The zero-order valence-electron chi connectivity index (χ0n) is 14.7. The van der Waals surface area contributed by atoms with E-state index in [2.05, 4.69) is 31.1 Å². The minimum absolute atomic E-state index is 0.307. The molecule has 0 unspecified atom stereocenters. The lowest BCUT2D eigenvalue weighted by molar-refractivity contribution is 0.120. The van der Waals surface area contributed by atoms with Gasteiger partial charge in [0.2, 0.25) is 5.76 Å². The van der Waals surface area contributed by atoms with Gasteiger partial charge < -0.3 is 20.4 Å². The molecule has 3 heterocycles. The third-order valence-corrected chi connectivity index (χ3v) is 6.56. The molecule has 138 valence electrons. The minimum Gasteiger partial charge on any atom is -0.444 e. The van der Waals surface area contributed by atoms with Crippen LogP contribution in [-0.2, 0) is 0 Å². The fourth-order valence-corrected chi connectivity index (χ4v) is 4.73. The summed E-state index contributed by atoms with van der Waals surface area (Å²) >= 11 is 3.62. The van der Waals surface area contributed by atoms with Gasteiger partial charge >= 0.3 is 0 Å². The van der Waals surface area contributed by atoms with Crippen molar-refractivity contribution in [2.75, 3.05) is 18.4 Å². The number of nitriles is 1. The number of piperidine rings is 1. The maximum atomic E-state index is 9.00. The summed E-state index contributed by atoms with van der Waals surface area (Å²) in [5.41, 5.74) is 6.66. The lowest BCUT2D eigenvalue weighted by Gasteiger charge is -2.40. The van der Waals surface area contributed by atoms with Crippen LogP contribution >= 0.6 is 15.9 Å². The second kappa shape index (κ2) is 7.55. The van der Waals surface area contributed by atoms with Gasteiger partial charge in [-0.3, -0.25) is 0 Å². The van der Waals surface area contributed by atoms with Gasteiger partial charge in [0.05, 0.1) is 10.7 Å². The third kappa shape index (κ3) is 3.59. The highest BCUT2D eigenvalue weighted by Crippen LogP contribution is 2.34. The summed E-state index contributed by atoms with van der Waals surface area (Å²) in [4.78, 5) is 7.11. The molecule has 0 atom stereocenters. The molecule has 3 N–H and O–H groups in total. The Morgan fingerprint density at radius 1 is 1.23 bits per heavy atom. The van der Waals surface area contributed by atoms with Crippen molar-refractivity contribution >= 4 is 32.7 Å². The Morgan fingerprint density at radius 3 is 2.65 bits per heavy atom. The van der Waals surface area contributed by atoms with Crippen LogP contribution in [0.5, 0.6) is 0 Å². The Morgan fingerprint density at radius 2 is 1.96 bits per heavy atom. The maximum Gasteiger partial charge on any atom is 0.204 e. The molecule has 2 aromatic rings. The summed E-state index contributed by atoms with van der Waals surface area (Å²) in [5.74, 6) is 1.14. The van der Waals surface area contributed by atoms with Gasteiger partial charge in [-0.05, 0) is 67.5 Å². The van der Waals surface area contributed by atoms with Gasteiger partial charge in [-0.2, -0.15) is 5.26 Å². The average molecular weight is 418 g/mol. The number of aromatic nitrogens is 1. The first-order valence-electron chi connectivity index (χ1n) is 9.38. The van der Waals surface area contributed by atoms with Crippen LogP contribution in [0.3, 0.4) is 0 Å². The van der Waals surface area contributed by atoms with E-state index in [9.17, 15) is 0 Å². The first-order valence-corrected chi connectivity index (χ1v) is 10.2. The number of fused-ring (bicyclic) bond motifs is 1. The second-order valence-corrected chi connectivity index (χ2v) is 8.24. The number of hydrogen-bond donors (Lipinski definition) is 2. The van der Waals surface area contributed by atoms with Crippen LogP contribution in [0.2, 0.25) is 0 Å². The molecule has 0 amide bonds. The molecule has 4 rings (SSSR count). The van der Waals surface area contributed by atoms with Crippen molar-refractivity contribution in [3.05, 3.63) is 22.5 Å². The number of nitrogens with one attached hydrogen (secondary N) is 1. The summed E-state index contributed by atoms with van der Waals surface area (Å²) in [5, 5.41) is 13.5. The number of nitrogens with two attached hydrogens (primary N) is 1. The van der Waals surface area contributed by atoms with Crippen molar-refractivity contribution in [2.24, 2.45) is 5.73 Å². The molecular formula is C19H24BrN5O. The number of pyridine rings is 1. The first kappa shape index (κ1) is 17.8. The molecule has 6 nitrogen and oxygen atoms in total. The van der Waals surface area contributed by atoms with Crippen LogP contribution in [0.1, 0.15) is 44.3 Å². The van der Waals surface area contributed by atoms with E-state index in [1.165, 1.54) is 12.8 Å². The smallest absolute Gasteiger partial charge is 0.204 e.